The normalized spacial score (nSPS) is 23.9. The molecule has 2 rings (SSSR count). The summed E-state index contributed by atoms with van der Waals surface area (Å²) in [5, 5.41) is 3.83. The van der Waals surface area contributed by atoms with Crippen LogP contribution in [0.4, 0.5) is 0 Å². The SMILES string of the molecule is CSC1CCC(NC(=O)c2cc(Br)cn2C)C1. The first-order valence-corrected chi connectivity index (χ1v) is 7.83. The highest BCUT2D eigenvalue weighted by Crippen LogP contribution is 2.28. The first-order valence-electron chi connectivity index (χ1n) is 5.75. The summed E-state index contributed by atoms with van der Waals surface area (Å²) in [6.07, 6.45) is 7.45. The molecule has 0 aromatic carbocycles. The standard InChI is InChI=1S/C12H17BrN2OS/c1-15-7-8(13)5-11(15)12(16)14-9-3-4-10(6-9)17-2/h5,7,9-10H,3-4,6H2,1-2H3,(H,14,16). The Bertz CT molecular complexity index is 419. The van der Waals surface area contributed by atoms with Gasteiger partial charge < -0.3 is 9.88 Å². The van der Waals surface area contributed by atoms with E-state index in [1.165, 1.54) is 6.42 Å². The lowest BCUT2D eigenvalue weighted by Crippen LogP contribution is -2.34. The van der Waals surface area contributed by atoms with E-state index >= 15 is 0 Å². The molecule has 0 bridgehead atoms. The summed E-state index contributed by atoms with van der Waals surface area (Å²) < 4.78 is 2.79. The molecule has 17 heavy (non-hydrogen) atoms. The van der Waals surface area contributed by atoms with Gasteiger partial charge >= 0.3 is 0 Å². The number of amides is 1. The lowest BCUT2D eigenvalue weighted by molar-refractivity contribution is 0.0930. The Hall–Kier alpha value is -0.420. The van der Waals surface area contributed by atoms with Crippen LogP contribution in [-0.4, -0.2) is 28.0 Å². The lowest BCUT2D eigenvalue weighted by atomic mass is 10.2. The van der Waals surface area contributed by atoms with E-state index in [2.05, 4.69) is 27.5 Å². The smallest absolute Gasteiger partial charge is 0.268 e. The minimum absolute atomic E-state index is 0.0324. The third-order valence-corrected chi connectivity index (χ3v) is 4.79. The van der Waals surface area contributed by atoms with Crippen molar-refractivity contribution >= 4 is 33.6 Å². The maximum absolute atomic E-state index is 12.1. The Morgan fingerprint density at radius 3 is 2.88 bits per heavy atom. The van der Waals surface area contributed by atoms with E-state index in [0.29, 0.717) is 17.0 Å². The number of nitrogens with zero attached hydrogens (tertiary/aromatic N) is 1. The van der Waals surface area contributed by atoms with Crippen molar-refractivity contribution in [2.45, 2.75) is 30.6 Å². The number of hydrogen-bond donors (Lipinski definition) is 1. The van der Waals surface area contributed by atoms with Crippen LogP contribution >= 0.6 is 27.7 Å². The van der Waals surface area contributed by atoms with Gasteiger partial charge in [0.2, 0.25) is 0 Å². The number of thioether (sulfide) groups is 1. The number of carbonyl (C=O) groups is 1. The Morgan fingerprint density at radius 1 is 1.59 bits per heavy atom. The molecule has 1 heterocycles. The van der Waals surface area contributed by atoms with E-state index in [4.69, 9.17) is 0 Å². The minimum atomic E-state index is 0.0324. The second-order valence-electron chi connectivity index (χ2n) is 4.50. The maximum atomic E-state index is 12.1. The Morgan fingerprint density at radius 2 is 2.35 bits per heavy atom. The van der Waals surface area contributed by atoms with Gasteiger partial charge in [-0.1, -0.05) is 0 Å². The molecular formula is C12H17BrN2OS. The Kier molecular flexibility index (Phi) is 4.20. The molecule has 1 saturated carbocycles. The monoisotopic (exact) mass is 316 g/mol. The van der Waals surface area contributed by atoms with Crippen LogP contribution in [0.2, 0.25) is 0 Å². The van der Waals surface area contributed by atoms with Gasteiger partial charge in [0.05, 0.1) is 0 Å². The van der Waals surface area contributed by atoms with Gasteiger partial charge in [-0.2, -0.15) is 11.8 Å². The lowest BCUT2D eigenvalue weighted by Gasteiger charge is -2.13. The predicted molar refractivity (Wildman–Crippen MR) is 75.5 cm³/mol. The molecule has 0 aliphatic heterocycles. The number of aromatic nitrogens is 1. The topological polar surface area (TPSA) is 34.0 Å². The summed E-state index contributed by atoms with van der Waals surface area (Å²) in [7, 11) is 1.89. The largest absolute Gasteiger partial charge is 0.348 e. The molecule has 1 aliphatic rings. The molecule has 2 atom stereocenters. The number of nitrogens with one attached hydrogen (secondary N) is 1. The van der Waals surface area contributed by atoms with Crippen molar-refractivity contribution in [3.05, 3.63) is 22.4 Å². The van der Waals surface area contributed by atoms with Crippen molar-refractivity contribution < 1.29 is 4.79 Å². The molecule has 3 nitrogen and oxygen atoms in total. The number of aryl methyl sites for hydroxylation is 1. The van der Waals surface area contributed by atoms with Gasteiger partial charge in [0.1, 0.15) is 5.69 Å². The van der Waals surface area contributed by atoms with Crippen molar-refractivity contribution in [2.75, 3.05) is 6.26 Å². The second kappa shape index (κ2) is 5.48. The predicted octanol–water partition coefficient (Wildman–Crippen LogP) is 2.80. The summed E-state index contributed by atoms with van der Waals surface area (Å²) in [4.78, 5) is 12.1. The van der Waals surface area contributed by atoms with Crippen LogP contribution in [0, 0.1) is 0 Å². The average Bonchev–Trinajstić information content (AvgIpc) is 2.85. The van der Waals surface area contributed by atoms with Crippen molar-refractivity contribution in [1.82, 2.24) is 9.88 Å². The van der Waals surface area contributed by atoms with Crippen molar-refractivity contribution in [3.63, 3.8) is 0 Å². The minimum Gasteiger partial charge on any atom is -0.348 e. The molecule has 1 fully saturated rings. The van der Waals surface area contributed by atoms with Crippen LogP contribution in [-0.2, 0) is 7.05 Å². The van der Waals surface area contributed by atoms with Crippen LogP contribution < -0.4 is 5.32 Å². The van der Waals surface area contributed by atoms with E-state index in [-0.39, 0.29) is 5.91 Å². The fourth-order valence-electron chi connectivity index (χ4n) is 2.29. The molecule has 0 radical (unpaired) electrons. The van der Waals surface area contributed by atoms with Gasteiger partial charge in [0.15, 0.2) is 0 Å². The number of hydrogen-bond acceptors (Lipinski definition) is 2. The van der Waals surface area contributed by atoms with Crippen molar-refractivity contribution in [3.8, 4) is 0 Å². The highest BCUT2D eigenvalue weighted by molar-refractivity contribution is 9.10. The van der Waals surface area contributed by atoms with E-state index in [1.807, 2.05) is 35.6 Å². The number of halogens is 1. The van der Waals surface area contributed by atoms with Crippen molar-refractivity contribution in [2.24, 2.45) is 7.05 Å². The first-order chi connectivity index (χ1) is 8.10. The molecule has 1 amide bonds. The zero-order valence-electron chi connectivity index (χ0n) is 10.1. The van der Waals surface area contributed by atoms with E-state index in [9.17, 15) is 4.79 Å². The fraction of sp³-hybridized carbons (Fsp3) is 0.583. The van der Waals surface area contributed by atoms with Crippen molar-refractivity contribution in [1.29, 1.82) is 0 Å². The second-order valence-corrected chi connectivity index (χ2v) is 6.55. The molecule has 5 heteroatoms. The summed E-state index contributed by atoms with van der Waals surface area (Å²) in [5.74, 6) is 0.0324. The van der Waals surface area contributed by atoms with Crippen LogP contribution in [0.3, 0.4) is 0 Å². The van der Waals surface area contributed by atoms with Gasteiger partial charge in [0, 0.05) is 29.0 Å². The van der Waals surface area contributed by atoms with Crippen LogP contribution in [0.25, 0.3) is 0 Å². The third kappa shape index (κ3) is 3.07. The van der Waals surface area contributed by atoms with E-state index in [0.717, 1.165) is 17.3 Å². The molecule has 1 aromatic rings. The van der Waals surface area contributed by atoms with Gasteiger partial charge in [0.25, 0.3) is 5.91 Å². The van der Waals surface area contributed by atoms with Gasteiger partial charge in [-0.25, -0.2) is 0 Å². The summed E-state index contributed by atoms with van der Waals surface area (Å²) in [5.41, 5.74) is 0.712. The fourth-order valence-corrected chi connectivity index (χ4v) is 3.62. The quantitative estimate of drug-likeness (QED) is 0.930. The van der Waals surface area contributed by atoms with Gasteiger partial charge in [-0.15, -0.1) is 0 Å². The zero-order valence-corrected chi connectivity index (χ0v) is 12.5. The molecule has 2 unspecified atom stereocenters. The molecule has 0 spiro atoms. The summed E-state index contributed by atoms with van der Waals surface area (Å²) >= 11 is 5.28. The number of carbonyl (C=O) groups excluding carboxylic acids is 1. The summed E-state index contributed by atoms with van der Waals surface area (Å²) in [6, 6.07) is 2.20. The number of rotatable bonds is 3. The molecule has 94 valence electrons. The van der Waals surface area contributed by atoms with E-state index < -0.39 is 0 Å². The first kappa shape index (κ1) is 13.0. The van der Waals surface area contributed by atoms with Crippen LogP contribution in [0.5, 0.6) is 0 Å². The Labute approximate surface area is 114 Å². The molecule has 0 saturated heterocycles. The maximum Gasteiger partial charge on any atom is 0.268 e. The summed E-state index contributed by atoms with van der Waals surface area (Å²) in [6.45, 7) is 0. The van der Waals surface area contributed by atoms with E-state index in [1.54, 1.807) is 0 Å². The van der Waals surface area contributed by atoms with Gasteiger partial charge in [-0.05, 0) is 47.5 Å². The molecule has 1 aromatic heterocycles. The van der Waals surface area contributed by atoms with Crippen LogP contribution in [0.1, 0.15) is 29.8 Å². The molecule has 1 aliphatic carbocycles. The van der Waals surface area contributed by atoms with Crippen LogP contribution in [0.15, 0.2) is 16.7 Å². The highest BCUT2D eigenvalue weighted by Gasteiger charge is 2.26. The molecule has 1 N–H and O–H groups in total. The zero-order chi connectivity index (χ0) is 12.4. The molecular weight excluding hydrogens is 300 g/mol. The third-order valence-electron chi connectivity index (χ3n) is 3.26. The Balaban J connectivity index is 1.96. The highest BCUT2D eigenvalue weighted by atomic mass is 79.9. The average molecular weight is 317 g/mol. The van der Waals surface area contributed by atoms with Gasteiger partial charge in [-0.3, -0.25) is 4.79 Å².